The van der Waals surface area contributed by atoms with Crippen molar-refractivity contribution >= 4 is 0 Å². The van der Waals surface area contributed by atoms with E-state index >= 15 is 0 Å². The van der Waals surface area contributed by atoms with Crippen molar-refractivity contribution in [3.63, 3.8) is 0 Å². The van der Waals surface area contributed by atoms with Crippen molar-refractivity contribution < 1.29 is 20.4 Å². The molecule has 4 nitrogen and oxygen atoms in total. The van der Waals surface area contributed by atoms with Crippen LogP contribution in [0.1, 0.15) is 44.5 Å². The van der Waals surface area contributed by atoms with Crippen LogP contribution in [0.4, 0.5) is 0 Å². The first-order valence-corrected chi connectivity index (χ1v) is 12.3. The van der Waals surface area contributed by atoms with Crippen molar-refractivity contribution in [2.75, 3.05) is 0 Å². The summed E-state index contributed by atoms with van der Waals surface area (Å²) in [4.78, 5) is 0. The average molecular weight is 491 g/mol. The number of hydrogen-bond donors (Lipinski definition) is 4. The first-order valence-electron chi connectivity index (χ1n) is 12.3. The molecule has 0 aliphatic heterocycles. The molecular weight excluding hydrogens is 460 g/mol. The lowest BCUT2D eigenvalue weighted by atomic mass is 9.66. The maximum atomic E-state index is 10.9. The number of aromatic hydroxyl groups is 2. The molecule has 4 aromatic rings. The Hall–Kier alpha value is -4.12. The molecule has 0 amide bonds. The lowest BCUT2D eigenvalue weighted by molar-refractivity contribution is 0.275. The standard InChI is InChI=1S/C33H30O4/c1-3-9-21-15-25(17-23(19-34)31(21)36)33(26-16-22(10-4-2)32(37)24(18-26)20-35)29-13-7-5-11-27(29)28-12-6-8-14-30(28)33/h3-8,11-18,34-37H,1-2,9-10,19-20H2. The summed E-state index contributed by atoms with van der Waals surface area (Å²) in [6.07, 6.45) is 4.34. The van der Waals surface area contributed by atoms with E-state index in [1.165, 1.54) is 0 Å². The summed E-state index contributed by atoms with van der Waals surface area (Å²) in [5, 5.41) is 42.1. The third kappa shape index (κ3) is 3.69. The summed E-state index contributed by atoms with van der Waals surface area (Å²) in [5.74, 6) is 0.130. The zero-order valence-electron chi connectivity index (χ0n) is 20.6. The van der Waals surface area contributed by atoms with Gasteiger partial charge in [0.2, 0.25) is 0 Å². The molecule has 0 spiro atoms. The summed E-state index contributed by atoms with van der Waals surface area (Å²) in [6, 6.07) is 24.1. The number of phenols is 2. The minimum Gasteiger partial charge on any atom is -0.507 e. The van der Waals surface area contributed by atoms with Crippen molar-refractivity contribution in [2.24, 2.45) is 0 Å². The fourth-order valence-corrected chi connectivity index (χ4v) is 5.84. The van der Waals surface area contributed by atoms with E-state index in [0.717, 1.165) is 33.4 Å². The van der Waals surface area contributed by atoms with E-state index < -0.39 is 5.41 Å². The van der Waals surface area contributed by atoms with Gasteiger partial charge in [-0.25, -0.2) is 0 Å². The van der Waals surface area contributed by atoms with Gasteiger partial charge in [0.1, 0.15) is 11.5 Å². The molecule has 37 heavy (non-hydrogen) atoms. The van der Waals surface area contributed by atoms with Gasteiger partial charge in [0.25, 0.3) is 0 Å². The Morgan fingerprint density at radius 1 is 0.595 bits per heavy atom. The van der Waals surface area contributed by atoms with Gasteiger partial charge >= 0.3 is 0 Å². The highest BCUT2D eigenvalue weighted by Gasteiger charge is 2.46. The van der Waals surface area contributed by atoms with Gasteiger partial charge in [-0.2, -0.15) is 0 Å². The fraction of sp³-hybridized carbons (Fsp3) is 0.152. The lowest BCUT2D eigenvalue weighted by Crippen LogP contribution is -2.29. The Kier molecular flexibility index (Phi) is 6.46. The lowest BCUT2D eigenvalue weighted by Gasteiger charge is -2.35. The summed E-state index contributed by atoms with van der Waals surface area (Å²) in [5.41, 5.74) is 7.42. The molecule has 0 radical (unpaired) electrons. The first-order chi connectivity index (χ1) is 18.0. The van der Waals surface area contributed by atoms with Gasteiger partial charge in [0, 0.05) is 11.1 Å². The summed E-state index contributed by atoms with van der Waals surface area (Å²) < 4.78 is 0. The second-order valence-corrected chi connectivity index (χ2v) is 9.43. The predicted octanol–water partition coefficient (Wildman–Crippen LogP) is 5.90. The van der Waals surface area contributed by atoms with Gasteiger partial charge < -0.3 is 20.4 Å². The molecule has 5 rings (SSSR count). The maximum Gasteiger partial charge on any atom is 0.124 e. The van der Waals surface area contributed by atoms with Gasteiger partial charge in [0.05, 0.1) is 18.6 Å². The molecule has 0 saturated carbocycles. The average Bonchev–Trinajstić information content (AvgIpc) is 3.22. The van der Waals surface area contributed by atoms with Crippen molar-refractivity contribution in [3.8, 4) is 22.6 Å². The van der Waals surface area contributed by atoms with E-state index in [0.29, 0.717) is 35.1 Å². The molecule has 0 unspecified atom stereocenters. The normalized spacial score (nSPS) is 13.1. The third-order valence-electron chi connectivity index (χ3n) is 7.42. The molecule has 0 aromatic heterocycles. The second kappa shape index (κ2) is 9.74. The maximum absolute atomic E-state index is 10.9. The van der Waals surface area contributed by atoms with Crippen LogP contribution in [0.2, 0.25) is 0 Å². The van der Waals surface area contributed by atoms with Crippen LogP contribution in [0.5, 0.6) is 11.5 Å². The van der Waals surface area contributed by atoms with E-state index in [1.807, 2.05) is 48.5 Å². The number of allylic oxidation sites excluding steroid dienone is 2. The molecule has 0 heterocycles. The van der Waals surface area contributed by atoms with E-state index in [9.17, 15) is 20.4 Å². The Balaban J connectivity index is 1.98. The van der Waals surface area contributed by atoms with Crippen molar-refractivity contribution in [2.45, 2.75) is 31.5 Å². The molecule has 186 valence electrons. The van der Waals surface area contributed by atoms with Crippen molar-refractivity contribution in [1.82, 2.24) is 0 Å². The topological polar surface area (TPSA) is 80.9 Å². The van der Waals surface area contributed by atoms with E-state index in [4.69, 9.17) is 0 Å². The van der Waals surface area contributed by atoms with Gasteiger partial charge in [-0.3, -0.25) is 0 Å². The summed E-state index contributed by atoms with van der Waals surface area (Å²) >= 11 is 0. The highest BCUT2D eigenvalue weighted by molar-refractivity contribution is 5.86. The van der Waals surface area contributed by atoms with Gasteiger partial charge in [-0.05, 0) is 69.5 Å². The van der Waals surface area contributed by atoms with Crippen LogP contribution < -0.4 is 0 Å². The highest BCUT2D eigenvalue weighted by atomic mass is 16.3. The number of aliphatic hydroxyl groups is 2. The van der Waals surface area contributed by atoms with E-state index in [1.54, 1.807) is 12.2 Å². The summed E-state index contributed by atoms with van der Waals surface area (Å²) in [7, 11) is 0. The molecule has 1 aliphatic rings. The monoisotopic (exact) mass is 490 g/mol. The number of hydrogen-bond acceptors (Lipinski definition) is 4. The first kappa shape index (κ1) is 24.6. The van der Waals surface area contributed by atoms with Gasteiger partial charge in [-0.15, -0.1) is 13.2 Å². The minimum absolute atomic E-state index is 0.0648. The molecule has 0 atom stereocenters. The molecule has 0 bridgehead atoms. The highest BCUT2D eigenvalue weighted by Crippen LogP contribution is 2.57. The molecule has 1 aliphatic carbocycles. The van der Waals surface area contributed by atoms with Crippen LogP contribution in [0.25, 0.3) is 11.1 Å². The van der Waals surface area contributed by atoms with Crippen molar-refractivity contribution in [1.29, 1.82) is 0 Å². The predicted molar refractivity (Wildman–Crippen MR) is 147 cm³/mol. The molecule has 0 saturated heterocycles. The molecule has 4 N–H and O–H groups in total. The fourth-order valence-electron chi connectivity index (χ4n) is 5.84. The van der Waals surface area contributed by atoms with Crippen LogP contribution in [-0.2, 0) is 31.5 Å². The SMILES string of the molecule is C=CCc1cc(C2(c3cc(CO)c(O)c(CC=C)c3)c3ccccc3-c3ccccc32)cc(CO)c1O. The van der Waals surface area contributed by atoms with Gasteiger partial charge in [-0.1, -0.05) is 72.8 Å². The zero-order valence-corrected chi connectivity index (χ0v) is 20.6. The number of aliphatic hydroxyl groups excluding tert-OH is 2. The minimum atomic E-state index is -0.825. The van der Waals surface area contributed by atoms with Gasteiger partial charge in [0.15, 0.2) is 0 Å². The van der Waals surface area contributed by atoms with Crippen LogP contribution in [-0.4, -0.2) is 20.4 Å². The molecule has 0 fully saturated rings. The quantitative estimate of drug-likeness (QED) is 0.204. The Morgan fingerprint density at radius 3 is 1.35 bits per heavy atom. The Labute approximate surface area is 217 Å². The summed E-state index contributed by atoms with van der Waals surface area (Å²) in [6.45, 7) is 7.07. The molecule has 4 heteroatoms. The van der Waals surface area contributed by atoms with E-state index in [-0.39, 0.29) is 24.7 Å². The number of benzene rings is 4. The zero-order chi connectivity index (χ0) is 26.2. The Bertz CT molecular complexity index is 1400. The second-order valence-electron chi connectivity index (χ2n) is 9.43. The largest absolute Gasteiger partial charge is 0.507 e. The Morgan fingerprint density at radius 2 is 0.973 bits per heavy atom. The van der Waals surface area contributed by atoms with Crippen LogP contribution >= 0.6 is 0 Å². The van der Waals surface area contributed by atoms with Crippen LogP contribution in [0.15, 0.2) is 98.1 Å². The molecular formula is C33H30O4. The van der Waals surface area contributed by atoms with Crippen molar-refractivity contribution in [3.05, 3.63) is 143 Å². The van der Waals surface area contributed by atoms with E-state index in [2.05, 4.69) is 37.4 Å². The van der Waals surface area contributed by atoms with Crippen LogP contribution in [0, 0.1) is 0 Å². The third-order valence-corrected chi connectivity index (χ3v) is 7.42. The number of fused-ring (bicyclic) bond motifs is 3. The van der Waals surface area contributed by atoms with Crippen LogP contribution in [0.3, 0.4) is 0 Å². The number of rotatable bonds is 8. The molecule has 4 aromatic carbocycles. The smallest absolute Gasteiger partial charge is 0.124 e.